The smallest absolute Gasteiger partial charge is 0.187 e. The van der Waals surface area contributed by atoms with E-state index in [0.717, 1.165) is 11.3 Å². The minimum absolute atomic E-state index is 0.162. The molecule has 2 aromatic carbocycles. The van der Waals surface area contributed by atoms with E-state index in [4.69, 9.17) is 19.9 Å². The lowest BCUT2D eigenvalue weighted by Gasteiger charge is -2.28. The summed E-state index contributed by atoms with van der Waals surface area (Å²) in [6.07, 6.45) is 5.92. The summed E-state index contributed by atoms with van der Waals surface area (Å²) in [4.78, 5) is 4.31. The normalized spacial score (nSPS) is 21.0. The molecule has 170 valence electrons. The Bertz CT molecular complexity index is 1120. The van der Waals surface area contributed by atoms with Gasteiger partial charge in [-0.05, 0) is 48.4 Å². The predicted molar refractivity (Wildman–Crippen MR) is 120 cm³/mol. The number of sulfone groups is 1. The number of ether oxygens (including phenoxy) is 3. The van der Waals surface area contributed by atoms with E-state index in [1.54, 1.807) is 31.8 Å². The van der Waals surface area contributed by atoms with Gasteiger partial charge in [-0.3, -0.25) is 0 Å². The molecular formula is C23H27N3O5S. The highest BCUT2D eigenvalue weighted by atomic mass is 32.2. The summed E-state index contributed by atoms with van der Waals surface area (Å²) in [6.45, 7) is 0.618. The second-order valence-corrected chi connectivity index (χ2v) is 9.93. The van der Waals surface area contributed by atoms with Gasteiger partial charge in [0.15, 0.2) is 15.6 Å². The van der Waals surface area contributed by atoms with E-state index in [1.807, 2.05) is 35.0 Å². The third kappa shape index (κ3) is 5.29. The van der Waals surface area contributed by atoms with Gasteiger partial charge in [0.2, 0.25) is 0 Å². The van der Waals surface area contributed by atoms with E-state index in [0.29, 0.717) is 25.1 Å². The van der Waals surface area contributed by atoms with Crippen molar-refractivity contribution in [2.75, 3.05) is 25.2 Å². The summed E-state index contributed by atoms with van der Waals surface area (Å²) in [5.41, 5.74) is 7.31. The van der Waals surface area contributed by atoms with Crippen molar-refractivity contribution < 1.29 is 22.6 Å². The summed E-state index contributed by atoms with van der Waals surface area (Å²) in [7, 11) is -1.91. The summed E-state index contributed by atoms with van der Waals surface area (Å²) in [6, 6.07) is 14.0. The Kier molecular flexibility index (Phi) is 6.50. The SMILES string of the molecule is COc1ccc(CC[C@@]2(Cn3ccnc3)OC[C@H](CS(=O)(=O)c3ccc(N)cc3)O2)cc1. The van der Waals surface area contributed by atoms with Crippen LogP contribution in [0.2, 0.25) is 0 Å². The van der Waals surface area contributed by atoms with Gasteiger partial charge in [-0.2, -0.15) is 0 Å². The van der Waals surface area contributed by atoms with Crippen LogP contribution in [0.25, 0.3) is 0 Å². The number of aryl methyl sites for hydroxylation is 1. The van der Waals surface area contributed by atoms with Gasteiger partial charge >= 0.3 is 0 Å². The molecule has 0 aliphatic carbocycles. The highest BCUT2D eigenvalue weighted by Crippen LogP contribution is 2.32. The molecule has 32 heavy (non-hydrogen) atoms. The minimum atomic E-state index is -3.54. The second-order valence-electron chi connectivity index (χ2n) is 7.90. The highest BCUT2D eigenvalue weighted by molar-refractivity contribution is 7.91. The summed E-state index contributed by atoms with van der Waals surface area (Å²) >= 11 is 0. The van der Waals surface area contributed by atoms with E-state index in [2.05, 4.69) is 4.98 Å². The third-order valence-electron chi connectivity index (χ3n) is 5.49. The number of imidazole rings is 1. The Morgan fingerprint density at radius 1 is 1.19 bits per heavy atom. The van der Waals surface area contributed by atoms with Crippen LogP contribution in [0.3, 0.4) is 0 Å². The standard InChI is InChI=1S/C23H27N3O5S/c1-29-20-6-2-18(3-7-20)10-11-23(16-26-13-12-25-17-26)30-14-21(31-23)15-32(27,28)22-8-4-19(24)5-9-22/h2-9,12-13,17,21H,10-11,14-16,24H2,1H3/t21-,23-/m1/s1. The van der Waals surface area contributed by atoms with Crippen LogP contribution in [-0.4, -0.2) is 49.3 Å². The van der Waals surface area contributed by atoms with Crippen molar-refractivity contribution in [2.24, 2.45) is 0 Å². The topological polar surface area (TPSA) is 106 Å². The molecule has 0 bridgehead atoms. The van der Waals surface area contributed by atoms with Gasteiger partial charge in [0.1, 0.15) is 5.75 Å². The molecule has 1 fully saturated rings. The fraction of sp³-hybridized carbons (Fsp3) is 0.348. The van der Waals surface area contributed by atoms with Crippen LogP contribution in [0.4, 0.5) is 5.69 Å². The molecule has 1 aliphatic heterocycles. The molecule has 0 radical (unpaired) electrons. The van der Waals surface area contributed by atoms with E-state index in [-0.39, 0.29) is 17.3 Å². The molecule has 2 heterocycles. The fourth-order valence-corrected chi connectivity index (χ4v) is 5.19. The maximum Gasteiger partial charge on any atom is 0.187 e. The lowest BCUT2D eigenvalue weighted by Crippen LogP contribution is -2.37. The molecule has 9 heteroatoms. The Labute approximate surface area is 187 Å². The van der Waals surface area contributed by atoms with Gasteiger partial charge in [0.25, 0.3) is 0 Å². The van der Waals surface area contributed by atoms with Crippen molar-refractivity contribution in [3.63, 3.8) is 0 Å². The number of nitrogens with two attached hydrogens (primary N) is 1. The first kappa shape index (κ1) is 22.3. The summed E-state index contributed by atoms with van der Waals surface area (Å²) in [5, 5.41) is 0. The van der Waals surface area contributed by atoms with Crippen molar-refractivity contribution in [2.45, 2.75) is 36.2 Å². The van der Waals surface area contributed by atoms with Gasteiger partial charge in [-0.25, -0.2) is 13.4 Å². The zero-order valence-electron chi connectivity index (χ0n) is 17.9. The molecule has 0 saturated carbocycles. The van der Waals surface area contributed by atoms with Crippen LogP contribution in [0, 0.1) is 0 Å². The lowest BCUT2D eigenvalue weighted by atomic mass is 10.0. The average Bonchev–Trinajstić information content (AvgIpc) is 3.43. The monoisotopic (exact) mass is 457 g/mol. The first-order valence-electron chi connectivity index (χ1n) is 10.4. The molecule has 1 saturated heterocycles. The van der Waals surface area contributed by atoms with Gasteiger partial charge in [-0.15, -0.1) is 0 Å². The number of hydrogen-bond acceptors (Lipinski definition) is 7. The van der Waals surface area contributed by atoms with Gasteiger partial charge in [-0.1, -0.05) is 12.1 Å². The lowest BCUT2D eigenvalue weighted by molar-refractivity contribution is -0.180. The molecule has 4 rings (SSSR count). The second kappa shape index (κ2) is 9.32. The Morgan fingerprint density at radius 2 is 1.94 bits per heavy atom. The maximum absolute atomic E-state index is 12.9. The van der Waals surface area contributed by atoms with Crippen LogP contribution >= 0.6 is 0 Å². The van der Waals surface area contributed by atoms with Gasteiger partial charge < -0.3 is 24.5 Å². The fourth-order valence-electron chi connectivity index (χ4n) is 3.79. The first-order valence-corrected chi connectivity index (χ1v) is 12.0. The van der Waals surface area contributed by atoms with Crippen molar-refractivity contribution in [1.82, 2.24) is 9.55 Å². The van der Waals surface area contributed by atoms with Crippen LogP contribution in [0.15, 0.2) is 72.1 Å². The molecule has 3 aromatic rings. The van der Waals surface area contributed by atoms with Crippen molar-refractivity contribution in [3.8, 4) is 5.75 Å². The van der Waals surface area contributed by atoms with E-state index < -0.39 is 21.7 Å². The van der Waals surface area contributed by atoms with E-state index >= 15 is 0 Å². The largest absolute Gasteiger partial charge is 0.497 e. The van der Waals surface area contributed by atoms with Crippen LogP contribution in [-0.2, 0) is 32.3 Å². The number of nitrogen functional groups attached to an aromatic ring is 1. The zero-order valence-corrected chi connectivity index (χ0v) is 18.7. The van der Waals surface area contributed by atoms with E-state index in [9.17, 15) is 8.42 Å². The summed E-state index contributed by atoms with van der Waals surface area (Å²) < 4.78 is 45.2. The Hall–Kier alpha value is -2.88. The predicted octanol–water partition coefficient (Wildman–Crippen LogP) is 2.69. The Balaban J connectivity index is 1.47. The minimum Gasteiger partial charge on any atom is -0.497 e. The molecule has 2 N–H and O–H groups in total. The Morgan fingerprint density at radius 3 is 2.59 bits per heavy atom. The van der Waals surface area contributed by atoms with Crippen LogP contribution < -0.4 is 10.5 Å². The average molecular weight is 458 g/mol. The molecule has 2 atom stereocenters. The summed E-state index contributed by atoms with van der Waals surface area (Å²) in [5.74, 6) is -0.309. The highest BCUT2D eigenvalue weighted by Gasteiger charge is 2.43. The molecule has 8 nitrogen and oxygen atoms in total. The molecule has 0 unspecified atom stereocenters. The molecule has 0 spiro atoms. The first-order chi connectivity index (χ1) is 15.4. The zero-order chi connectivity index (χ0) is 22.6. The number of benzene rings is 2. The van der Waals surface area contributed by atoms with Crippen molar-refractivity contribution in [1.29, 1.82) is 0 Å². The number of methoxy groups -OCH3 is 1. The third-order valence-corrected chi connectivity index (χ3v) is 7.30. The van der Waals surface area contributed by atoms with Crippen LogP contribution in [0.1, 0.15) is 12.0 Å². The quantitative estimate of drug-likeness (QED) is 0.493. The number of anilines is 1. The number of aromatic nitrogens is 2. The molecular weight excluding hydrogens is 430 g/mol. The number of nitrogens with zero attached hydrogens (tertiary/aromatic N) is 2. The molecule has 1 aromatic heterocycles. The molecule has 1 aliphatic rings. The van der Waals surface area contributed by atoms with E-state index in [1.165, 1.54) is 12.1 Å². The van der Waals surface area contributed by atoms with Gasteiger partial charge in [0, 0.05) is 24.5 Å². The van der Waals surface area contributed by atoms with Crippen LogP contribution in [0.5, 0.6) is 5.75 Å². The maximum atomic E-state index is 12.9. The number of hydrogen-bond donors (Lipinski definition) is 1. The molecule has 0 amide bonds. The van der Waals surface area contributed by atoms with Crippen molar-refractivity contribution >= 4 is 15.5 Å². The number of rotatable bonds is 9. The van der Waals surface area contributed by atoms with Crippen molar-refractivity contribution in [3.05, 3.63) is 72.8 Å². The van der Waals surface area contributed by atoms with Gasteiger partial charge in [0.05, 0.1) is 43.3 Å².